The standard InChI is InChI=1S/C22H24FN/c1-2-3-4-5-16-6-7-18-13-19(9-8-17(18)12-16)20-10-11-21(15-24)22(23)14-20/h8-11,13-14,16H,2-7,12H2,1H3. The Kier molecular flexibility index (Phi) is 5.30. The number of fused-ring (bicyclic) bond motifs is 1. The molecule has 2 aromatic rings. The Balaban J connectivity index is 1.76. The summed E-state index contributed by atoms with van der Waals surface area (Å²) in [6, 6.07) is 13.3. The van der Waals surface area contributed by atoms with Gasteiger partial charge in [0.25, 0.3) is 0 Å². The van der Waals surface area contributed by atoms with Gasteiger partial charge in [-0.05, 0) is 59.6 Å². The predicted octanol–water partition coefficient (Wildman–Crippen LogP) is 6.05. The predicted molar refractivity (Wildman–Crippen MR) is 96.2 cm³/mol. The van der Waals surface area contributed by atoms with Gasteiger partial charge in [0.1, 0.15) is 11.9 Å². The third-order valence-corrected chi connectivity index (χ3v) is 5.18. The van der Waals surface area contributed by atoms with Crippen LogP contribution in [0.4, 0.5) is 4.39 Å². The van der Waals surface area contributed by atoms with Crippen LogP contribution < -0.4 is 0 Å². The van der Waals surface area contributed by atoms with Crippen LogP contribution in [0.5, 0.6) is 0 Å². The van der Waals surface area contributed by atoms with Crippen molar-refractivity contribution in [2.75, 3.05) is 0 Å². The minimum atomic E-state index is -0.441. The van der Waals surface area contributed by atoms with Gasteiger partial charge in [-0.3, -0.25) is 0 Å². The lowest BCUT2D eigenvalue weighted by Crippen LogP contribution is -2.14. The molecule has 0 saturated heterocycles. The average molecular weight is 321 g/mol. The fraction of sp³-hybridized carbons (Fsp3) is 0.409. The van der Waals surface area contributed by atoms with Gasteiger partial charge in [0.15, 0.2) is 0 Å². The molecule has 0 saturated carbocycles. The summed E-state index contributed by atoms with van der Waals surface area (Å²) in [7, 11) is 0. The van der Waals surface area contributed by atoms with Crippen molar-refractivity contribution in [1.82, 2.24) is 0 Å². The van der Waals surface area contributed by atoms with Crippen LogP contribution in [0.1, 0.15) is 55.7 Å². The number of halogens is 1. The number of hydrogen-bond acceptors (Lipinski definition) is 1. The Morgan fingerprint density at radius 3 is 2.62 bits per heavy atom. The molecule has 1 aliphatic rings. The summed E-state index contributed by atoms with van der Waals surface area (Å²) in [6.45, 7) is 2.25. The van der Waals surface area contributed by atoms with Gasteiger partial charge in [0.05, 0.1) is 5.56 Å². The van der Waals surface area contributed by atoms with E-state index in [-0.39, 0.29) is 5.56 Å². The largest absolute Gasteiger partial charge is 0.206 e. The molecule has 2 aromatic carbocycles. The van der Waals surface area contributed by atoms with Crippen LogP contribution in [0.15, 0.2) is 36.4 Å². The smallest absolute Gasteiger partial charge is 0.141 e. The van der Waals surface area contributed by atoms with Crippen LogP contribution in [0.25, 0.3) is 11.1 Å². The Labute approximate surface area is 144 Å². The van der Waals surface area contributed by atoms with E-state index in [1.807, 2.05) is 12.1 Å². The third kappa shape index (κ3) is 3.67. The second-order valence-electron chi connectivity index (χ2n) is 6.89. The maximum Gasteiger partial charge on any atom is 0.141 e. The van der Waals surface area contributed by atoms with E-state index in [4.69, 9.17) is 5.26 Å². The molecule has 0 bridgehead atoms. The number of rotatable bonds is 5. The monoisotopic (exact) mass is 321 g/mol. The van der Waals surface area contributed by atoms with E-state index >= 15 is 0 Å². The minimum absolute atomic E-state index is 0.103. The van der Waals surface area contributed by atoms with Crippen molar-refractivity contribution < 1.29 is 4.39 Å². The first-order valence-electron chi connectivity index (χ1n) is 9.03. The molecule has 1 unspecified atom stereocenters. The molecular formula is C22H24FN. The highest BCUT2D eigenvalue weighted by Gasteiger charge is 2.19. The molecule has 0 aromatic heterocycles. The molecule has 0 fully saturated rings. The van der Waals surface area contributed by atoms with E-state index in [9.17, 15) is 4.39 Å². The van der Waals surface area contributed by atoms with Crippen molar-refractivity contribution in [3.05, 3.63) is 58.9 Å². The van der Waals surface area contributed by atoms with Crippen molar-refractivity contribution >= 4 is 0 Å². The summed E-state index contributed by atoms with van der Waals surface area (Å²) in [6.07, 6.45) is 8.89. The van der Waals surface area contributed by atoms with Gasteiger partial charge in [-0.1, -0.05) is 56.9 Å². The molecule has 1 atom stereocenters. The third-order valence-electron chi connectivity index (χ3n) is 5.18. The molecule has 2 heteroatoms. The Morgan fingerprint density at radius 1 is 1.08 bits per heavy atom. The van der Waals surface area contributed by atoms with E-state index in [2.05, 4.69) is 25.1 Å². The summed E-state index contributed by atoms with van der Waals surface area (Å²) in [5.41, 5.74) is 4.86. The van der Waals surface area contributed by atoms with Gasteiger partial charge < -0.3 is 0 Å². The van der Waals surface area contributed by atoms with Gasteiger partial charge in [-0.2, -0.15) is 5.26 Å². The van der Waals surface area contributed by atoms with E-state index in [1.54, 1.807) is 6.07 Å². The summed E-state index contributed by atoms with van der Waals surface area (Å²) in [4.78, 5) is 0. The molecule has 0 heterocycles. The van der Waals surface area contributed by atoms with E-state index in [0.717, 1.165) is 23.5 Å². The highest BCUT2D eigenvalue weighted by atomic mass is 19.1. The molecule has 124 valence electrons. The molecule has 0 N–H and O–H groups in total. The fourth-order valence-electron chi connectivity index (χ4n) is 3.72. The zero-order valence-corrected chi connectivity index (χ0v) is 14.3. The average Bonchev–Trinajstić information content (AvgIpc) is 2.61. The highest BCUT2D eigenvalue weighted by molar-refractivity contribution is 5.66. The number of nitrogens with zero attached hydrogens (tertiary/aromatic N) is 1. The van der Waals surface area contributed by atoms with Gasteiger partial charge in [-0.15, -0.1) is 0 Å². The lowest BCUT2D eigenvalue weighted by atomic mass is 9.80. The maximum atomic E-state index is 13.9. The van der Waals surface area contributed by atoms with Crippen molar-refractivity contribution in [3.63, 3.8) is 0 Å². The molecule has 0 radical (unpaired) electrons. The number of nitriles is 1. The van der Waals surface area contributed by atoms with Crippen molar-refractivity contribution in [2.45, 2.75) is 51.9 Å². The molecule has 24 heavy (non-hydrogen) atoms. The van der Waals surface area contributed by atoms with E-state index < -0.39 is 5.82 Å². The van der Waals surface area contributed by atoms with Crippen LogP contribution in [-0.2, 0) is 12.8 Å². The molecular weight excluding hydrogens is 297 g/mol. The quantitative estimate of drug-likeness (QED) is 0.615. The SMILES string of the molecule is CCCCCC1CCc2cc(-c3ccc(C#N)c(F)c3)ccc2C1. The fourth-order valence-corrected chi connectivity index (χ4v) is 3.72. The first-order valence-corrected chi connectivity index (χ1v) is 9.03. The zero-order chi connectivity index (χ0) is 16.9. The van der Waals surface area contributed by atoms with Crippen molar-refractivity contribution in [2.24, 2.45) is 5.92 Å². The molecule has 0 aliphatic heterocycles. The second-order valence-corrected chi connectivity index (χ2v) is 6.89. The van der Waals surface area contributed by atoms with Crippen LogP contribution in [0, 0.1) is 23.1 Å². The molecule has 0 amide bonds. The van der Waals surface area contributed by atoms with Gasteiger partial charge >= 0.3 is 0 Å². The van der Waals surface area contributed by atoms with Crippen LogP contribution in [0.3, 0.4) is 0 Å². The lowest BCUT2D eigenvalue weighted by molar-refractivity contribution is 0.408. The maximum absolute atomic E-state index is 13.9. The highest BCUT2D eigenvalue weighted by Crippen LogP contribution is 2.32. The van der Waals surface area contributed by atoms with Crippen molar-refractivity contribution in [1.29, 1.82) is 5.26 Å². The van der Waals surface area contributed by atoms with Crippen molar-refractivity contribution in [3.8, 4) is 17.2 Å². The first-order chi connectivity index (χ1) is 11.7. The number of hydrogen-bond donors (Lipinski definition) is 0. The lowest BCUT2D eigenvalue weighted by Gasteiger charge is -2.25. The number of benzene rings is 2. The summed E-state index contributed by atoms with van der Waals surface area (Å²) in [5, 5.41) is 8.85. The van der Waals surface area contributed by atoms with E-state index in [1.165, 1.54) is 55.7 Å². The van der Waals surface area contributed by atoms with Gasteiger partial charge in [0.2, 0.25) is 0 Å². The minimum Gasteiger partial charge on any atom is -0.206 e. The first kappa shape index (κ1) is 16.7. The van der Waals surface area contributed by atoms with Gasteiger partial charge in [-0.25, -0.2) is 4.39 Å². The van der Waals surface area contributed by atoms with Crippen LogP contribution in [0.2, 0.25) is 0 Å². The van der Waals surface area contributed by atoms with Gasteiger partial charge in [0, 0.05) is 0 Å². The molecule has 1 aliphatic carbocycles. The second kappa shape index (κ2) is 7.62. The van der Waals surface area contributed by atoms with Crippen LogP contribution >= 0.6 is 0 Å². The number of unbranched alkanes of at least 4 members (excludes halogenated alkanes) is 2. The summed E-state index contributed by atoms with van der Waals surface area (Å²) in [5.74, 6) is 0.381. The topological polar surface area (TPSA) is 23.8 Å². The normalized spacial score (nSPS) is 16.5. The number of aryl methyl sites for hydroxylation is 1. The summed E-state index contributed by atoms with van der Waals surface area (Å²) < 4.78 is 13.9. The molecule has 1 nitrogen and oxygen atoms in total. The molecule has 0 spiro atoms. The zero-order valence-electron chi connectivity index (χ0n) is 14.3. The Hall–Kier alpha value is -2.14. The summed E-state index contributed by atoms with van der Waals surface area (Å²) >= 11 is 0. The van der Waals surface area contributed by atoms with Crippen LogP contribution in [-0.4, -0.2) is 0 Å². The Morgan fingerprint density at radius 2 is 1.88 bits per heavy atom. The Bertz CT molecular complexity index is 757. The molecule has 3 rings (SSSR count). The van der Waals surface area contributed by atoms with E-state index in [0.29, 0.717) is 0 Å².